The van der Waals surface area contributed by atoms with E-state index in [-0.39, 0.29) is 5.63 Å². The first-order chi connectivity index (χ1) is 7.75. The van der Waals surface area contributed by atoms with E-state index in [0.29, 0.717) is 11.3 Å². The second-order valence-corrected chi connectivity index (χ2v) is 3.72. The minimum Gasteiger partial charge on any atom is -0.420 e. The molecule has 0 saturated carbocycles. The number of rotatable bonds is 0. The van der Waals surface area contributed by atoms with Crippen molar-refractivity contribution in [3.63, 3.8) is 0 Å². The molecule has 1 heterocycles. The average molecular weight is 211 g/mol. The molecule has 0 amide bonds. The maximum absolute atomic E-state index is 11.3. The Morgan fingerprint density at radius 3 is 2.81 bits per heavy atom. The highest BCUT2D eigenvalue weighted by Crippen LogP contribution is 2.22. The highest BCUT2D eigenvalue weighted by atomic mass is 16.4. The van der Waals surface area contributed by atoms with E-state index in [9.17, 15) is 4.79 Å². The van der Waals surface area contributed by atoms with Crippen molar-refractivity contribution >= 4 is 21.9 Å². The maximum Gasteiger partial charge on any atom is 0.357 e. The first-order valence-corrected chi connectivity index (χ1v) is 5.05. The van der Waals surface area contributed by atoms with E-state index in [2.05, 4.69) is 4.98 Å². The number of nitrogens with zero attached hydrogens (tertiary/aromatic N) is 1. The first kappa shape index (κ1) is 9.09. The van der Waals surface area contributed by atoms with Crippen LogP contribution in [0.15, 0.2) is 45.6 Å². The van der Waals surface area contributed by atoms with Gasteiger partial charge >= 0.3 is 5.63 Å². The summed E-state index contributed by atoms with van der Waals surface area (Å²) in [5.74, 6) is 0. The normalized spacial score (nSPS) is 11.1. The highest BCUT2D eigenvalue weighted by molar-refractivity contribution is 6.02. The molecule has 3 rings (SSSR count). The molecule has 2 aromatic carbocycles. The van der Waals surface area contributed by atoms with Crippen LogP contribution in [0.5, 0.6) is 0 Å². The van der Waals surface area contributed by atoms with E-state index >= 15 is 0 Å². The molecule has 0 bridgehead atoms. The quantitative estimate of drug-likeness (QED) is 0.537. The van der Waals surface area contributed by atoms with Gasteiger partial charge in [0.2, 0.25) is 0 Å². The Labute approximate surface area is 91.3 Å². The van der Waals surface area contributed by atoms with Gasteiger partial charge in [-0.05, 0) is 18.4 Å². The fourth-order valence-corrected chi connectivity index (χ4v) is 1.82. The second-order valence-electron chi connectivity index (χ2n) is 3.72. The van der Waals surface area contributed by atoms with Gasteiger partial charge in [0.05, 0.1) is 0 Å². The zero-order valence-corrected chi connectivity index (χ0v) is 8.73. The molecule has 0 aliphatic heterocycles. The number of fused-ring (bicyclic) bond motifs is 3. The Hall–Kier alpha value is -2.16. The maximum atomic E-state index is 11.3. The third-order valence-corrected chi connectivity index (χ3v) is 2.64. The van der Waals surface area contributed by atoms with Gasteiger partial charge in [0, 0.05) is 5.39 Å². The van der Waals surface area contributed by atoms with Crippen LogP contribution in [-0.4, -0.2) is 4.98 Å². The van der Waals surface area contributed by atoms with E-state index < -0.39 is 0 Å². The van der Waals surface area contributed by atoms with Crippen molar-refractivity contribution in [1.82, 2.24) is 4.98 Å². The van der Waals surface area contributed by atoms with Gasteiger partial charge in [0.15, 0.2) is 5.58 Å². The third kappa shape index (κ3) is 1.21. The minimum absolute atomic E-state index is 0.372. The van der Waals surface area contributed by atoms with Crippen LogP contribution in [0.25, 0.3) is 21.9 Å². The number of aryl methyl sites for hydroxylation is 1. The van der Waals surface area contributed by atoms with Crippen LogP contribution in [0, 0.1) is 6.92 Å². The van der Waals surface area contributed by atoms with Gasteiger partial charge in [-0.25, -0.2) is 9.78 Å². The molecule has 0 aliphatic carbocycles. The van der Waals surface area contributed by atoms with Crippen LogP contribution in [-0.2, 0) is 0 Å². The molecule has 0 fully saturated rings. The van der Waals surface area contributed by atoms with Crippen LogP contribution in [0.4, 0.5) is 0 Å². The monoisotopic (exact) mass is 211 g/mol. The van der Waals surface area contributed by atoms with Gasteiger partial charge in [0.25, 0.3) is 0 Å². The average Bonchev–Trinajstić information content (AvgIpc) is 2.31. The van der Waals surface area contributed by atoms with Crippen LogP contribution in [0.1, 0.15) is 5.69 Å². The summed E-state index contributed by atoms with van der Waals surface area (Å²) in [5, 5.41) is 2.10. The molecule has 0 radical (unpaired) electrons. The van der Waals surface area contributed by atoms with Crippen LogP contribution < -0.4 is 5.63 Å². The highest BCUT2D eigenvalue weighted by Gasteiger charge is 2.06. The lowest BCUT2D eigenvalue weighted by molar-refractivity contribution is 0.548. The molecule has 0 N–H and O–H groups in total. The van der Waals surface area contributed by atoms with Gasteiger partial charge < -0.3 is 4.42 Å². The predicted octanol–water partition coefficient (Wildman–Crippen LogP) is 2.65. The fourth-order valence-electron chi connectivity index (χ4n) is 1.82. The van der Waals surface area contributed by atoms with Crippen molar-refractivity contribution in [3.8, 4) is 0 Å². The van der Waals surface area contributed by atoms with E-state index in [1.165, 1.54) is 0 Å². The third-order valence-electron chi connectivity index (χ3n) is 2.64. The van der Waals surface area contributed by atoms with Crippen molar-refractivity contribution in [2.75, 3.05) is 0 Å². The largest absolute Gasteiger partial charge is 0.420 e. The number of benzene rings is 2. The lowest BCUT2D eigenvalue weighted by atomic mass is 10.1. The Morgan fingerprint density at radius 2 is 1.94 bits per heavy atom. The smallest absolute Gasteiger partial charge is 0.357 e. The molecule has 1 aromatic heterocycles. The first-order valence-electron chi connectivity index (χ1n) is 5.05. The van der Waals surface area contributed by atoms with Crippen molar-refractivity contribution < 1.29 is 4.42 Å². The molecule has 3 aromatic rings. The molecule has 78 valence electrons. The van der Waals surface area contributed by atoms with E-state index in [4.69, 9.17) is 4.42 Å². The summed E-state index contributed by atoms with van der Waals surface area (Å²) >= 11 is 0. The van der Waals surface area contributed by atoms with Crippen molar-refractivity contribution in [3.05, 3.63) is 52.5 Å². The minimum atomic E-state index is -0.372. The summed E-state index contributed by atoms with van der Waals surface area (Å²) in [7, 11) is 0. The van der Waals surface area contributed by atoms with Gasteiger partial charge in [-0.15, -0.1) is 0 Å². The molecule has 0 aliphatic rings. The molecule has 16 heavy (non-hydrogen) atoms. The molecule has 3 heteroatoms. The summed E-state index contributed by atoms with van der Waals surface area (Å²) in [4.78, 5) is 15.6. The predicted molar refractivity (Wildman–Crippen MR) is 62.5 cm³/mol. The van der Waals surface area contributed by atoms with Crippen LogP contribution in [0.3, 0.4) is 0 Å². The number of hydrogen-bond donors (Lipinski definition) is 0. The molecule has 0 saturated heterocycles. The zero-order chi connectivity index (χ0) is 11.1. The molecule has 0 spiro atoms. The number of hydrogen-bond acceptors (Lipinski definition) is 3. The van der Waals surface area contributed by atoms with Crippen molar-refractivity contribution in [2.24, 2.45) is 0 Å². The van der Waals surface area contributed by atoms with Crippen LogP contribution in [0.2, 0.25) is 0 Å². The standard InChI is InChI=1S/C13H9NO2/c1-8-13(15)16-11-7-6-9-4-2-3-5-10(9)12(11)14-8/h2-7H,1H3. The Morgan fingerprint density at radius 1 is 1.12 bits per heavy atom. The van der Waals surface area contributed by atoms with Gasteiger partial charge in [-0.3, -0.25) is 0 Å². The van der Waals surface area contributed by atoms with E-state index in [0.717, 1.165) is 16.3 Å². The zero-order valence-electron chi connectivity index (χ0n) is 8.73. The SMILES string of the molecule is Cc1nc2c(ccc3ccccc32)oc1=O. The van der Waals surface area contributed by atoms with Crippen molar-refractivity contribution in [2.45, 2.75) is 6.92 Å². The fraction of sp³-hybridized carbons (Fsp3) is 0.0769. The topological polar surface area (TPSA) is 43.1 Å². The Bertz CT molecular complexity index is 744. The van der Waals surface area contributed by atoms with E-state index in [1.54, 1.807) is 13.0 Å². The summed E-state index contributed by atoms with van der Waals surface area (Å²) in [6.45, 7) is 1.66. The van der Waals surface area contributed by atoms with Gasteiger partial charge in [-0.2, -0.15) is 0 Å². The van der Waals surface area contributed by atoms with Crippen LogP contribution >= 0.6 is 0 Å². The summed E-state index contributed by atoms with van der Waals surface area (Å²) in [5.41, 5.74) is 1.30. The second kappa shape index (κ2) is 3.17. The van der Waals surface area contributed by atoms with Gasteiger partial charge in [-0.1, -0.05) is 30.3 Å². The lowest BCUT2D eigenvalue weighted by Crippen LogP contribution is -2.05. The molecular weight excluding hydrogens is 202 g/mol. The van der Waals surface area contributed by atoms with Gasteiger partial charge in [0.1, 0.15) is 11.2 Å². The lowest BCUT2D eigenvalue weighted by Gasteiger charge is -2.01. The molecule has 0 atom stereocenters. The Kier molecular flexibility index (Phi) is 1.80. The number of aromatic nitrogens is 1. The molecule has 3 nitrogen and oxygen atoms in total. The Balaban J connectivity index is 2.60. The summed E-state index contributed by atoms with van der Waals surface area (Å²) in [6.07, 6.45) is 0. The molecular formula is C13H9NO2. The summed E-state index contributed by atoms with van der Waals surface area (Å²) < 4.78 is 5.18. The molecule has 0 unspecified atom stereocenters. The summed E-state index contributed by atoms with van der Waals surface area (Å²) in [6, 6.07) is 11.6. The van der Waals surface area contributed by atoms with Crippen molar-refractivity contribution in [1.29, 1.82) is 0 Å². The van der Waals surface area contributed by atoms with E-state index in [1.807, 2.05) is 30.3 Å².